The summed E-state index contributed by atoms with van der Waals surface area (Å²) in [4.78, 5) is 17.9. The summed E-state index contributed by atoms with van der Waals surface area (Å²) in [5, 5.41) is 3.01. The maximum atomic E-state index is 11.6. The van der Waals surface area contributed by atoms with Crippen LogP contribution in [0.3, 0.4) is 0 Å². The zero-order valence-electron chi connectivity index (χ0n) is 12.2. The Balaban J connectivity index is 2.13. The van der Waals surface area contributed by atoms with Crippen molar-refractivity contribution >= 4 is 45.0 Å². The molecule has 3 nitrogen and oxygen atoms in total. The average Bonchev–Trinajstić information content (AvgIpc) is 2.84. The van der Waals surface area contributed by atoms with Gasteiger partial charge in [0.05, 0.1) is 10.5 Å². The molecule has 0 aliphatic carbocycles. The summed E-state index contributed by atoms with van der Waals surface area (Å²) in [5.74, 6) is 0. The van der Waals surface area contributed by atoms with Gasteiger partial charge in [-0.1, -0.05) is 35.3 Å². The molecule has 0 unspecified atom stereocenters. The second kappa shape index (κ2) is 5.15. The number of aryl methyl sites for hydroxylation is 1. The van der Waals surface area contributed by atoms with E-state index in [1.807, 2.05) is 43.3 Å². The molecule has 0 fully saturated rings. The van der Waals surface area contributed by atoms with Crippen molar-refractivity contribution in [2.24, 2.45) is 0 Å². The third-order valence-electron chi connectivity index (χ3n) is 4.08. The highest BCUT2D eigenvalue weighted by Gasteiger charge is 2.15. The largest absolute Gasteiger partial charge is 0.354 e. The predicted octanol–water partition coefficient (Wildman–Crippen LogP) is 5.29. The van der Waals surface area contributed by atoms with Crippen molar-refractivity contribution in [3.8, 4) is 11.3 Å². The van der Waals surface area contributed by atoms with Crippen molar-refractivity contribution in [1.29, 1.82) is 0 Å². The van der Waals surface area contributed by atoms with Gasteiger partial charge in [0.2, 0.25) is 5.56 Å². The van der Waals surface area contributed by atoms with Crippen LogP contribution < -0.4 is 5.56 Å². The lowest BCUT2D eigenvalue weighted by molar-refractivity contribution is 1.31. The summed E-state index contributed by atoms with van der Waals surface area (Å²) in [5.41, 5.74) is 4.58. The molecule has 23 heavy (non-hydrogen) atoms. The minimum absolute atomic E-state index is 0.204. The molecule has 0 aliphatic rings. The number of benzene rings is 2. The number of hydrogen-bond donors (Lipinski definition) is 2. The molecule has 0 atom stereocenters. The Kier molecular flexibility index (Phi) is 3.22. The van der Waals surface area contributed by atoms with Gasteiger partial charge in [-0.05, 0) is 42.3 Å². The lowest BCUT2D eigenvalue weighted by Gasteiger charge is -2.04. The van der Waals surface area contributed by atoms with Crippen molar-refractivity contribution in [1.82, 2.24) is 9.97 Å². The second-order valence-electron chi connectivity index (χ2n) is 5.53. The van der Waals surface area contributed by atoms with Crippen molar-refractivity contribution in [3.05, 3.63) is 68.4 Å². The first-order valence-corrected chi connectivity index (χ1v) is 7.90. The van der Waals surface area contributed by atoms with Crippen LogP contribution in [-0.2, 0) is 0 Å². The minimum Gasteiger partial charge on any atom is -0.354 e. The topological polar surface area (TPSA) is 48.6 Å². The molecule has 0 radical (unpaired) electrons. The van der Waals surface area contributed by atoms with E-state index in [0.717, 1.165) is 38.6 Å². The van der Waals surface area contributed by atoms with Gasteiger partial charge in [-0.15, -0.1) is 0 Å². The van der Waals surface area contributed by atoms with Crippen LogP contribution in [0.2, 0.25) is 10.0 Å². The zero-order chi connectivity index (χ0) is 16.1. The molecular weight excluding hydrogens is 331 g/mol. The quantitative estimate of drug-likeness (QED) is 0.485. The van der Waals surface area contributed by atoms with E-state index >= 15 is 0 Å². The first-order chi connectivity index (χ1) is 11.0. The smallest absolute Gasteiger partial charge is 0.249 e. The number of nitrogens with one attached hydrogen (secondary N) is 2. The van der Waals surface area contributed by atoms with Crippen LogP contribution in [-0.4, -0.2) is 9.97 Å². The summed E-state index contributed by atoms with van der Waals surface area (Å²) in [7, 11) is 0. The molecule has 2 heterocycles. The zero-order valence-corrected chi connectivity index (χ0v) is 13.7. The Morgan fingerprint density at radius 1 is 0.913 bits per heavy atom. The van der Waals surface area contributed by atoms with E-state index in [2.05, 4.69) is 9.97 Å². The van der Waals surface area contributed by atoms with Crippen molar-refractivity contribution in [3.63, 3.8) is 0 Å². The van der Waals surface area contributed by atoms with Gasteiger partial charge < -0.3 is 9.97 Å². The fraction of sp³-hybridized carbons (Fsp3) is 0.0556. The number of H-pyrrole nitrogens is 2. The Labute approximate surface area is 141 Å². The first kappa shape index (κ1) is 14.4. The van der Waals surface area contributed by atoms with Crippen molar-refractivity contribution in [2.45, 2.75) is 6.92 Å². The molecule has 4 rings (SSSR count). The van der Waals surface area contributed by atoms with Crippen molar-refractivity contribution < 1.29 is 0 Å². The third kappa shape index (κ3) is 2.24. The minimum atomic E-state index is -0.204. The Bertz CT molecular complexity index is 1130. The molecule has 0 saturated carbocycles. The van der Waals surface area contributed by atoms with E-state index in [1.165, 1.54) is 6.07 Å². The molecule has 5 heteroatoms. The van der Waals surface area contributed by atoms with Crippen molar-refractivity contribution in [2.75, 3.05) is 0 Å². The predicted molar refractivity (Wildman–Crippen MR) is 96.6 cm³/mol. The van der Waals surface area contributed by atoms with Crippen LogP contribution in [0.1, 0.15) is 5.56 Å². The van der Waals surface area contributed by atoms with Gasteiger partial charge in [-0.3, -0.25) is 4.79 Å². The number of hydrogen-bond acceptors (Lipinski definition) is 1. The van der Waals surface area contributed by atoms with Crippen LogP contribution >= 0.6 is 23.2 Å². The lowest BCUT2D eigenvalue weighted by atomic mass is 10.0. The second-order valence-corrected chi connectivity index (χ2v) is 6.37. The van der Waals surface area contributed by atoms with Gasteiger partial charge in [-0.2, -0.15) is 0 Å². The van der Waals surface area contributed by atoms with E-state index in [4.69, 9.17) is 23.2 Å². The maximum absolute atomic E-state index is 11.6. The van der Waals surface area contributed by atoms with E-state index in [1.54, 1.807) is 0 Å². The highest BCUT2D eigenvalue weighted by molar-refractivity contribution is 6.37. The van der Waals surface area contributed by atoms with E-state index in [0.29, 0.717) is 10.0 Å². The molecule has 0 spiro atoms. The number of halogens is 2. The number of rotatable bonds is 1. The number of aromatic amines is 2. The number of fused-ring (bicyclic) bond motifs is 3. The number of pyridine rings is 1. The van der Waals surface area contributed by atoms with Crippen LogP contribution in [0.4, 0.5) is 0 Å². The van der Waals surface area contributed by atoms with Gasteiger partial charge in [0, 0.05) is 33.1 Å². The van der Waals surface area contributed by atoms with Crippen LogP contribution in [0.25, 0.3) is 33.1 Å². The molecule has 2 N–H and O–H groups in total. The summed E-state index contributed by atoms with van der Waals surface area (Å²) in [6.07, 6.45) is 0. The maximum Gasteiger partial charge on any atom is 0.249 e. The van der Waals surface area contributed by atoms with E-state index in [-0.39, 0.29) is 5.56 Å². The van der Waals surface area contributed by atoms with E-state index < -0.39 is 0 Å². The summed E-state index contributed by atoms with van der Waals surface area (Å²) in [6, 6.07) is 12.9. The molecule has 2 aromatic carbocycles. The summed E-state index contributed by atoms with van der Waals surface area (Å²) in [6.45, 7) is 2.04. The molecule has 2 aromatic heterocycles. The van der Waals surface area contributed by atoms with Gasteiger partial charge in [0.1, 0.15) is 0 Å². The summed E-state index contributed by atoms with van der Waals surface area (Å²) < 4.78 is 0. The lowest BCUT2D eigenvalue weighted by Crippen LogP contribution is -2.03. The molecule has 0 aliphatic heterocycles. The summed E-state index contributed by atoms with van der Waals surface area (Å²) >= 11 is 12.4. The Hall–Kier alpha value is -2.23. The Morgan fingerprint density at radius 2 is 1.65 bits per heavy atom. The van der Waals surface area contributed by atoms with Gasteiger partial charge in [0.15, 0.2) is 0 Å². The van der Waals surface area contributed by atoms with Gasteiger partial charge >= 0.3 is 0 Å². The average molecular weight is 343 g/mol. The normalized spacial score (nSPS) is 11.4. The molecule has 0 saturated heterocycles. The highest BCUT2D eigenvalue weighted by Crippen LogP contribution is 2.36. The molecule has 4 aromatic rings. The number of aromatic nitrogens is 2. The van der Waals surface area contributed by atoms with Crippen LogP contribution in [0.15, 0.2) is 47.3 Å². The van der Waals surface area contributed by atoms with Crippen LogP contribution in [0.5, 0.6) is 0 Å². The molecule has 0 bridgehead atoms. The molecule has 114 valence electrons. The fourth-order valence-electron chi connectivity index (χ4n) is 3.09. The third-order valence-corrected chi connectivity index (χ3v) is 4.62. The molecule has 0 amide bonds. The molecular formula is C18H12Cl2N2O. The standard InChI is InChI=1S/C18H12Cl2N2O/c1-9-16-13(22-18(9)10-3-2-4-11(19)7-10)5-6-14-17(16)12(20)8-15(23)21-14/h2-8,22H,1H3,(H,21,23). The SMILES string of the molecule is Cc1c(-c2cccc(Cl)c2)[nH]c2ccc3[nH]c(=O)cc(Cl)c3c12. The first-order valence-electron chi connectivity index (χ1n) is 7.14. The Morgan fingerprint density at radius 3 is 2.39 bits per heavy atom. The van der Waals surface area contributed by atoms with E-state index in [9.17, 15) is 4.79 Å². The van der Waals surface area contributed by atoms with Crippen LogP contribution in [0, 0.1) is 6.92 Å². The van der Waals surface area contributed by atoms with Gasteiger partial charge in [0.25, 0.3) is 0 Å². The highest BCUT2D eigenvalue weighted by atomic mass is 35.5. The fourth-order valence-corrected chi connectivity index (χ4v) is 3.58. The monoisotopic (exact) mass is 342 g/mol. The van der Waals surface area contributed by atoms with Gasteiger partial charge in [-0.25, -0.2) is 0 Å².